The summed E-state index contributed by atoms with van der Waals surface area (Å²) in [7, 11) is 1.57. The lowest BCUT2D eigenvalue weighted by Gasteiger charge is -2.25. The number of likely N-dealkylation sites (tertiary alicyclic amines) is 1. The number of benzene rings is 2. The Bertz CT molecular complexity index is 1220. The molecule has 1 aliphatic heterocycles. The zero-order valence-corrected chi connectivity index (χ0v) is 19.2. The summed E-state index contributed by atoms with van der Waals surface area (Å²) in [6, 6.07) is 15.4. The van der Waals surface area contributed by atoms with Gasteiger partial charge in [0.2, 0.25) is 0 Å². The van der Waals surface area contributed by atoms with Gasteiger partial charge in [-0.1, -0.05) is 34.1 Å². The zero-order chi connectivity index (χ0) is 22.8. The quantitative estimate of drug-likeness (QED) is 0.314. The van der Waals surface area contributed by atoms with Crippen molar-refractivity contribution in [3.8, 4) is 5.75 Å². The normalized spacial score (nSPS) is 17.6. The van der Waals surface area contributed by atoms with Crippen molar-refractivity contribution in [1.29, 1.82) is 0 Å². The van der Waals surface area contributed by atoms with Crippen LogP contribution in [0.5, 0.6) is 5.75 Å². The number of ether oxygens (including phenoxy) is 1. The van der Waals surface area contributed by atoms with Gasteiger partial charge in [0.05, 0.1) is 18.7 Å². The number of methoxy groups -OCH3 is 1. The van der Waals surface area contributed by atoms with E-state index in [1.165, 1.54) is 4.90 Å². The van der Waals surface area contributed by atoms with E-state index in [9.17, 15) is 14.7 Å². The van der Waals surface area contributed by atoms with Crippen LogP contribution in [0.2, 0.25) is 0 Å². The van der Waals surface area contributed by atoms with Crippen molar-refractivity contribution in [3.63, 3.8) is 0 Å². The minimum absolute atomic E-state index is 0.0570. The van der Waals surface area contributed by atoms with Crippen LogP contribution in [0.3, 0.4) is 0 Å². The van der Waals surface area contributed by atoms with Gasteiger partial charge in [0.25, 0.3) is 11.7 Å². The standard InChI is InChI=1S/C25H21BrN2O4/c1-15-11-18(8-9-20(15)32-2)23(29)21-22(17-6-3-7-19(26)12-17)28(25(31)24(21)30)14-16-5-4-10-27-13-16/h3-13,22,29H,14H2,1-2H3/t22-/m1/s1. The Hall–Kier alpha value is -3.45. The van der Waals surface area contributed by atoms with Gasteiger partial charge < -0.3 is 14.7 Å². The first kappa shape index (κ1) is 21.8. The number of aromatic nitrogens is 1. The van der Waals surface area contributed by atoms with Gasteiger partial charge in [-0.15, -0.1) is 0 Å². The monoisotopic (exact) mass is 492 g/mol. The fourth-order valence-electron chi connectivity index (χ4n) is 3.94. The Kier molecular flexibility index (Phi) is 6.10. The molecule has 0 spiro atoms. The van der Waals surface area contributed by atoms with Crippen LogP contribution in [0.15, 0.2) is 77.0 Å². The third-order valence-electron chi connectivity index (χ3n) is 5.45. The number of carbonyl (C=O) groups excluding carboxylic acids is 2. The lowest BCUT2D eigenvalue weighted by atomic mass is 9.94. The number of halogens is 1. The summed E-state index contributed by atoms with van der Waals surface area (Å²) in [4.78, 5) is 31.8. The third kappa shape index (κ3) is 4.03. The van der Waals surface area contributed by atoms with Crippen LogP contribution in [0.1, 0.15) is 28.3 Å². The molecule has 1 N–H and O–H groups in total. The highest BCUT2D eigenvalue weighted by Crippen LogP contribution is 2.41. The number of pyridine rings is 1. The first-order chi connectivity index (χ1) is 15.4. The molecule has 0 radical (unpaired) electrons. The Morgan fingerprint density at radius 2 is 1.97 bits per heavy atom. The van der Waals surface area contributed by atoms with E-state index in [1.54, 1.807) is 43.8 Å². The summed E-state index contributed by atoms with van der Waals surface area (Å²) in [6.07, 6.45) is 3.31. The lowest BCUT2D eigenvalue weighted by Crippen LogP contribution is -2.29. The summed E-state index contributed by atoms with van der Waals surface area (Å²) < 4.78 is 6.10. The number of nitrogens with zero attached hydrogens (tertiary/aromatic N) is 2. The van der Waals surface area contributed by atoms with Gasteiger partial charge in [-0.2, -0.15) is 0 Å². The van der Waals surface area contributed by atoms with E-state index in [4.69, 9.17) is 4.74 Å². The number of aryl methyl sites for hydroxylation is 1. The highest BCUT2D eigenvalue weighted by atomic mass is 79.9. The van der Waals surface area contributed by atoms with Gasteiger partial charge in [0.1, 0.15) is 11.5 Å². The van der Waals surface area contributed by atoms with Crippen molar-refractivity contribution in [2.45, 2.75) is 19.5 Å². The molecular weight excluding hydrogens is 472 g/mol. The number of rotatable bonds is 5. The highest BCUT2D eigenvalue weighted by Gasteiger charge is 2.46. The van der Waals surface area contributed by atoms with E-state index in [-0.39, 0.29) is 17.9 Å². The van der Waals surface area contributed by atoms with Gasteiger partial charge in [0, 0.05) is 29.0 Å². The number of hydrogen-bond donors (Lipinski definition) is 1. The number of aliphatic hydroxyl groups is 1. The van der Waals surface area contributed by atoms with Crippen LogP contribution in [0.25, 0.3) is 5.76 Å². The zero-order valence-electron chi connectivity index (χ0n) is 17.6. The van der Waals surface area contributed by atoms with Crippen LogP contribution in [-0.4, -0.2) is 33.8 Å². The molecule has 1 aliphatic rings. The van der Waals surface area contributed by atoms with Crippen molar-refractivity contribution < 1.29 is 19.4 Å². The molecule has 0 bridgehead atoms. The molecule has 3 aromatic rings. The van der Waals surface area contributed by atoms with Gasteiger partial charge in [-0.3, -0.25) is 14.6 Å². The molecule has 1 saturated heterocycles. The first-order valence-corrected chi connectivity index (χ1v) is 10.8. The molecule has 32 heavy (non-hydrogen) atoms. The lowest BCUT2D eigenvalue weighted by molar-refractivity contribution is -0.140. The van der Waals surface area contributed by atoms with E-state index >= 15 is 0 Å². The predicted molar refractivity (Wildman–Crippen MR) is 124 cm³/mol. The second-order valence-corrected chi connectivity index (χ2v) is 8.44. The Balaban J connectivity index is 1.87. The first-order valence-electron chi connectivity index (χ1n) is 9.98. The van der Waals surface area contributed by atoms with Crippen molar-refractivity contribution >= 4 is 33.4 Å². The number of Topliss-reactive ketones (excluding diaryl/α,β-unsaturated/α-hetero) is 1. The molecule has 7 heteroatoms. The molecule has 6 nitrogen and oxygen atoms in total. The summed E-state index contributed by atoms with van der Waals surface area (Å²) >= 11 is 3.46. The van der Waals surface area contributed by atoms with Crippen LogP contribution < -0.4 is 4.74 Å². The van der Waals surface area contributed by atoms with Gasteiger partial charge in [0.15, 0.2) is 0 Å². The van der Waals surface area contributed by atoms with E-state index < -0.39 is 17.7 Å². The molecule has 1 amide bonds. The van der Waals surface area contributed by atoms with Crippen molar-refractivity contribution in [3.05, 3.63) is 99.3 Å². The van der Waals surface area contributed by atoms with Crippen molar-refractivity contribution in [2.75, 3.05) is 7.11 Å². The maximum atomic E-state index is 13.1. The topological polar surface area (TPSA) is 79.7 Å². The fraction of sp³-hybridized carbons (Fsp3) is 0.160. The van der Waals surface area contributed by atoms with Crippen LogP contribution >= 0.6 is 15.9 Å². The molecule has 4 rings (SSSR count). The highest BCUT2D eigenvalue weighted by molar-refractivity contribution is 9.10. The average molecular weight is 493 g/mol. The van der Waals surface area contributed by atoms with Gasteiger partial charge in [-0.25, -0.2) is 0 Å². The van der Waals surface area contributed by atoms with E-state index in [2.05, 4.69) is 20.9 Å². The smallest absolute Gasteiger partial charge is 0.295 e. The largest absolute Gasteiger partial charge is 0.507 e. The predicted octanol–water partition coefficient (Wildman–Crippen LogP) is 4.78. The van der Waals surface area contributed by atoms with Gasteiger partial charge in [-0.05, 0) is 60.0 Å². The second-order valence-electron chi connectivity index (χ2n) is 7.53. The van der Waals surface area contributed by atoms with Gasteiger partial charge >= 0.3 is 0 Å². The SMILES string of the molecule is COc1ccc(C(O)=C2C(=O)C(=O)N(Cc3cccnc3)[C@@H]2c2cccc(Br)c2)cc1C. The maximum Gasteiger partial charge on any atom is 0.295 e. The molecule has 2 heterocycles. The molecular formula is C25H21BrN2O4. The summed E-state index contributed by atoms with van der Waals surface area (Å²) in [6.45, 7) is 2.04. The molecule has 0 aliphatic carbocycles. The number of ketones is 1. The molecule has 0 saturated carbocycles. The van der Waals surface area contributed by atoms with E-state index in [1.807, 2.05) is 37.3 Å². The summed E-state index contributed by atoms with van der Waals surface area (Å²) in [5, 5.41) is 11.2. The maximum absolute atomic E-state index is 13.1. The number of amides is 1. The van der Waals surface area contributed by atoms with E-state index in [0.717, 1.165) is 15.6 Å². The second kappa shape index (κ2) is 8.96. The van der Waals surface area contributed by atoms with Crippen molar-refractivity contribution in [2.24, 2.45) is 0 Å². The third-order valence-corrected chi connectivity index (χ3v) is 5.94. The molecule has 162 valence electrons. The number of aliphatic hydroxyl groups excluding tert-OH is 1. The molecule has 0 unspecified atom stereocenters. The summed E-state index contributed by atoms with van der Waals surface area (Å²) in [5.41, 5.74) is 2.81. The van der Waals surface area contributed by atoms with Crippen LogP contribution in [0.4, 0.5) is 0 Å². The number of hydrogen-bond acceptors (Lipinski definition) is 5. The average Bonchev–Trinajstić information content (AvgIpc) is 3.04. The Morgan fingerprint density at radius 3 is 2.62 bits per heavy atom. The van der Waals surface area contributed by atoms with E-state index in [0.29, 0.717) is 16.9 Å². The minimum atomic E-state index is -0.741. The number of carbonyl (C=O) groups is 2. The molecule has 1 atom stereocenters. The molecule has 1 aromatic heterocycles. The minimum Gasteiger partial charge on any atom is -0.507 e. The van der Waals surface area contributed by atoms with Crippen LogP contribution in [-0.2, 0) is 16.1 Å². The van der Waals surface area contributed by atoms with Crippen LogP contribution in [0, 0.1) is 6.92 Å². The van der Waals surface area contributed by atoms with Crippen molar-refractivity contribution in [1.82, 2.24) is 9.88 Å². The molecule has 2 aromatic carbocycles. The molecule has 1 fully saturated rings. The summed E-state index contributed by atoms with van der Waals surface area (Å²) in [5.74, 6) is -0.926. The Morgan fingerprint density at radius 1 is 1.16 bits per heavy atom. The Labute approximate surface area is 194 Å². The fourth-order valence-corrected chi connectivity index (χ4v) is 4.35.